The SMILES string of the molecule is N/N=C1/CN(O)C(c2ccccc2)=c2cc(C(F)(F)F)ccc2=N1. The van der Waals surface area contributed by atoms with Gasteiger partial charge in [0.2, 0.25) is 0 Å². The van der Waals surface area contributed by atoms with Crippen LogP contribution in [0.2, 0.25) is 0 Å². The van der Waals surface area contributed by atoms with Crippen LogP contribution < -0.4 is 16.4 Å². The zero-order chi connectivity index (χ0) is 17.3. The van der Waals surface area contributed by atoms with E-state index < -0.39 is 11.7 Å². The van der Waals surface area contributed by atoms with Crippen molar-refractivity contribution in [2.45, 2.75) is 6.18 Å². The molecule has 2 aromatic carbocycles. The topological polar surface area (TPSA) is 74.2 Å². The summed E-state index contributed by atoms with van der Waals surface area (Å²) >= 11 is 0. The number of alkyl halides is 3. The van der Waals surface area contributed by atoms with Crippen LogP contribution >= 0.6 is 0 Å². The van der Waals surface area contributed by atoms with Crippen LogP contribution in [0.1, 0.15) is 11.1 Å². The van der Waals surface area contributed by atoms with Gasteiger partial charge < -0.3 is 5.84 Å². The molecule has 2 aromatic rings. The van der Waals surface area contributed by atoms with Gasteiger partial charge in [0, 0.05) is 10.8 Å². The number of hydroxylamine groups is 2. The first-order valence-corrected chi connectivity index (χ1v) is 6.99. The van der Waals surface area contributed by atoms with Crippen molar-refractivity contribution in [3.63, 3.8) is 0 Å². The molecule has 124 valence electrons. The average molecular weight is 334 g/mol. The maximum Gasteiger partial charge on any atom is 0.416 e. The van der Waals surface area contributed by atoms with Gasteiger partial charge in [0.25, 0.3) is 0 Å². The number of nitrogens with zero attached hydrogens (tertiary/aromatic N) is 3. The lowest BCUT2D eigenvalue weighted by Gasteiger charge is -2.19. The molecule has 0 saturated carbocycles. The van der Waals surface area contributed by atoms with Gasteiger partial charge in [-0.05, 0) is 18.2 Å². The van der Waals surface area contributed by atoms with Gasteiger partial charge in [0.1, 0.15) is 6.54 Å². The van der Waals surface area contributed by atoms with Crippen LogP contribution in [-0.2, 0) is 6.18 Å². The fourth-order valence-electron chi connectivity index (χ4n) is 2.50. The second-order valence-corrected chi connectivity index (χ2v) is 5.16. The minimum atomic E-state index is -4.51. The molecule has 3 rings (SSSR count). The fourth-order valence-corrected chi connectivity index (χ4v) is 2.50. The van der Waals surface area contributed by atoms with Gasteiger partial charge in [-0.1, -0.05) is 30.3 Å². The Morgan fingerprint density at radius 2 is 1.83 bits per heavy atom. The van der Waals surface area contributed by atoms with Crippen molar-refractivity contribution in [3.05, 3.63) is 70.2 Å². The maximum atomic E-state index is 13.1. The van der Waals surface area contributed by atoms with Crippen molar-refractivity contribution in [1.29, 1.82) is 0 Å². The van der Waals surface area contributed by atoms with Gasteiger partial charge in [-0.2, -0.15) is 18.3 Å². The molecule has 0 bridgehead atoms. The minimum absolute atomic E-state index is 0.101. The van der Waals surface area contributed by atoms with Crippen LogP contribution in [0, 0.1) is 0 Å². The largest absolute Gasteiger partial charge is 0.416 e. The van der Waals surface area contributed by atoms with E-state index in [-0.39, 0.29) is 28.7 Å². The van der Waals surface area contributed by atoms with Gasteiger partial charge in [-0.15, -0.1) is 0 Å². The number of halogens is 3. The smallest absolute Gasteiger partial charge is 0.321 e. The highest BCUT2D eigenvalue weighted by Gasteiger charge is 2.31. The molecule has 0 spiro atoms. The first-order valence-electron chi connectivity index (χ1n) is 6.99. The highest BCUT2D eigenvalue weighted by Crippen LogP contribution is 2.27. The second kappa shape index (κ2) is 5.97. The molecule has 24 heavy (non-hydrogen) atoms. The molecule has 1 heterocycles. The average Bonchev–Trinajstić information content (AvgIpc) is 2.69. The van der Waals surface area contributed by atoms with E-state index in [1.165, 1.54) is 6.07 Å². The van der Waals surface area contributed by atoms with Crippen molar-refractivity contribution in [2.75, 3.05) is 6.54 Å². The Kier molecular flexibility index (Phi) is 3.98. The molecule has 0 fully saturated rings. The van der Waals surface area contributed by atoms with Gasteiger partial charge in [-0.25, -0.2) is 10.1 Å². The predicted octanol–water partition coefficient (Wildman–Crippen LogP) is 1.46. The van der Waals surface area contributed by atoms with E-state index >= 15 is 0 Å². The molecule has 1 aliphatic rings. The second-order valence-electron chi connectivity index (χ2n) is 5.16. The number of hydrogen-bond donors (Lipinski definition) is 2. The Balaban J connectivity index is 2.42. The first kappa shape index (κ1) is 16.0. The summed E-state index contributed by atoms with van der Waals surface area (Å²) < 4.78 is 39.2. The van der Waals surface area contributed by atoms with Crippen LogP contribution in [0.15, 0.2) is 58.6 Å². The van der Waals surface area contributed by atoms with Crippen LogP contribution in [0.25, 0.3) is 5.70 Å². The molecular weight excluding hydrogens is 321 g/mol. The summed E-state index contributed by atoms with van der Waals surface area (Å²) in [5.41, 5.74) is -0.0698. The van der Waals surface area contributed by atoms with E-state index in [1.54, 1.807) is 30.3 Å². The number of fused-ring (bicyclic) bond motifs is 1. The van der Waals surface area contributed by atoms with E-state index in [0.29, 0.717) is 5.56 Å². The van der Waals surface area contributed by atoms with Crippen LogP contribution in [0.5, 0.6) is 0 Å². The van der Waals surface area contributed by atoms with Crippen molar-refractivity contribution in [3.8, 4) is 0 Å². The van der Waals surface area contributed by atoms with Gasteiger partial charge >= 0.3 is 6.18 Å². The van der Waals surface area contributed by atoms with Crippen molar-refractivity contribution >= 4 is 11.5 Å². The zero-order valence-corrected chi connectivity index (χ0v) is 12.3. The quantitative estimate of drug-likeness (QED) is 0.612. The summed E-state index contributed by atoms with van der Waals surface area (Å²) in [4.78, 5) is 4.14. The molecule has 0 aromatic heterocycles. The third-order valence-corrected chi connectivity index (χ3v) is 3.57. The Morgan fingerprint density at radius 1 is 1.12 bits per heavy atom. The fraction of sp³-hybridized carbons (Fsp3) is 0.125. The van der Waals surface area contributed by atoms with Crippen LogP contribution in [0.4, 0.5) is 13.2 Å². The van der Waals surface area contributed by atoms with Crippen molar-refractivity contribution in [1.82, 2.24) is 5.06 Å². The molecule has 0 amide bonds. The molecule has 8 heteroatoms. The zero-order valence-electron chi connectivity index (χ0n) is 12.3. The lowest BCUT2D eigenvalue weighted by Crippen LogP contribution is -2.33. The van der Waals surface area contributed by atoms with E-state index in [1.807, 2.05) is 0 Å². The van der Waals surface area contributed by atoms with Crippen LogP contribution in [-0.4, -0.2) is 22.7 Å². The first-order chi connectivity index (χ1) is 11.4. The number of amidine groups is 1. The third kappa shape index (κ3) is 2.95. The predicted molar refractivity (Wildman–Crippen MR) is 81.3 cm³/mol. The Morgan fingerprint density at radius 3 is 2.46 bits per heavy atom. The lowest BCUT2D eigenvalue weighted by atomic mass is 10.1. The normalized spacial score (nSPS) is 16.6. The summed E-state index contributed by atoms with van der Waals surface area (Å²) in [6.07, 6.45) is -4.51. The highest BCUT2D eigenvalue weighted by atomic mass is 19.4. The molecule has 0 radical (unpaired) electrons. The molecule has 0 unspecified atom stereocenters. The highest BCUT2D eigenvalue weighted by molar-refractivity contribution is 5.86. The number of hydrazone groups is 1. The van der Waals surface area contributed by atoms with E-state index in [2.05, 4.69) is 10.1 Å². The summed E-state index contributed by atoms with van der Waals surface area (Å²) in [5, 5.41) is 15.0. The summed E-state index contributed by atoms with van der Waals surface area (Å²) in [7, 11) is 0. The molecule has 5 nitrogen and oxygen atoms in total. The van der Waals surface area contributed by atoms with E-state index in [4.69, 9.17) is 5.84 Å². The molecule has 1 aliphatic heterocycles. The lowest BCUT2D eigenvalue weighted by molar-refractivity contribution is -0.137. The molecule has 0 aliphatic carbocycles. The number of rotatable bonds is 1. The Labute approximate surface area is 134 Å². The summed E-state index contributed by atoms with van der Waals surface area (Å²) in [6.45, 7) is -0.142. The minimum Gasteiger partial charge on any atom is -0.321 e. The van der Waals surface area contributed by atoms with Crippen molar-refractivity contribution < 1.29 is 18.4 Å². The van der Waals surface area contributed by atoms with Gasteiger partial charge in [-0.3, -0.25) is 5.21 Å². The number of hydrogen-bond acceptors (Lipinski definition) is 4. The maximum absolute atomic E-state index is 13.1. The number of benzene rings is 2. The third-order valence-electron chi connectivity index (χ3n) is 3.57. The standard InChI is InChI=1S/C16H13F3N4O/c17-16(18,19)11-6-7-13-12(8-11)15(10-4-2-1-3-5-10)23(24)9-14(21-13)22-20/h1-8,24H,9,20H2/b22-14-. The molecular formula is C16H13F3N4O. The van der Waals surface area contributed by atoms with Crippen molar-refractivity contribution in [2.24, 2.45) is 15.9 Å². The molecule has 0 saturated heterocycles. The molecule has 3 N–H and O–H groups in total. The van der Waals surface area contributed by atoms with Gasteiger partial charge in [0.05, 0.1) is 16.6 Å². The summed E-state index contributed by atoms with van der Waals surface area (Å²) in [6, 6.07) is 11.7. The van der Waals surface area contributed by atoms with Crippen LogP contribution in [0.3, 0.4) is 0 Å². The Hall–Kier alpha value is -2.87. The number of nitrogens with two attached hydrogens (primary N) is 1. The van der Waals surface area contributed by atoms with Gasteiger partial charge in [0.15, 0.2) is 5.84 Å². The monoisotopic (exact) mass is 334 g/mol. The van der Waals surface area contributed by atoms with E-state index in [0.717, 1.165) is 17.2 Å². The molecule has 0 atom stereocenters. The Bertz CT molecular complexity index is 907. The summed E-state index contributed by atoms with van der Waals surface area (Å²) in [5.74, 6) is 5.34. The van der Waals surface area contributed by atoms with E-state index in [9.17, 15) is 18.4 Å².